The Balaban J connectivity index is 2.41. The summed E-state index contributed by atoms with van der Waals surface area (Å²) in [6, 6.07) is 0. The van der Waals surface area contributed by atoms with Gasteiger partial charge in [-0.25, -0.2) is 0 Å². The fourth-order valence-corrected chi connectivity index (χ4v) is 1.87. The third-order valence-electron chi connectivity index (χ3n) is 2.94. The summed E-state index contributed by atoms with van der Waals surface area (Å²) in [6.07, 6.45) is 7.56. The molecule has 70 valence electrons. The molecule has 1 rings (SSSR count). The van der Waals surface area contributed by atoms with Gasteiger partial charge in [0.15, 0.2) is 0 Å². The smallest absolute Gasteiger partial charge is 0.00717 e. The van der Waals surface area contributed by atoms with Crippen molar-refractivity contribution in [2.75, 3.05) is 6.54 Å². The highest BCUT2D eigenvalue weighted by molar-refractivity contribution is 5.09. The Kier molecular flexibility index (Phi) is 3.80. The molecule has 0 aromatic carbocycles. The van der Waals surface area contributed by atoms with E-state index in [1.165, 1.54) is 19.3 Å². The Bertz CT molecular complexity index is 160. The van der Waals surface area contributed by atoms with Crippen LogP contribution in [0.25, 0.3) is 0 Å². The van der Waals surface area contributed by atoms with Crippen LogP contribution < -0.4 is 5.73 Å². The molecule has 0 heterocycles. The molecule has 0 spiro atoms. The van der Waals surface area contributed by atoms with Gasteiger partial charge in [0.2, 0.25) is 0 Å². The minimum absolute atomic E-state index is 0.725. The van der Waals surface area contributed by atoms with E-state index in [-0.39, 0.29) is 0 Å². The van der Waals surface area contributed by atoms with Gasteiger partial charge in [-0.15, -0.1) is 0 Å². The predicted octanol–water partition coefficient (Wildman–Crippen LogP) is 2.72. The highest BCUT2D eigenvalue weighted by atomic mass is 14.5. The zero-order valence-electron chi connectivity index (χ0n) is 8.34. The number of allylic oxidation sites excluding steroid dienone is 2. The molecule has 1 heteroatoms. The van der Waals surface area contributed by atoms with Crippen molar-refractivity contribution in [2.45, 2.75) is 39.5 Å². The Morgan fingerprint density at radius 3 is 2.92 bits per heavy atom. The molecule has 2 N–H and O–H groups in total. The van der Waals surface area contributed by atoms with Crippen LogP contribution in [0, 0.1) is 11.8 Å². The molecular formula is C11H21N. The van der Waals surface area contributed by atoms with E-state index in [2.05, 4.69) is 19.9 Å². The normalized spacial score (nSPS) is 26.6. The lowest BCUT2D eigenvalue weighted by Gasteiger charge is -2.22. The fraction of sp³-hybridized carbons (Fsp3) is 0.818. The lowest BCUT2D eigenvalue weighted by atomic mass is 9.84. The molecule has 1 aliphatic rings. The molecule has 0 bridgehead atoms. The van der Waals surface area contributed by atoms with Crippen LogP contribution >= 0.6 is 0 Å². The maximum Gasteiger partial charge on any atom is -0.00717 e. The van der Waals surface area contributed by atoms with Crippen molar-refractivity contribution < 1.29 is 0 Å². The number of rotatable bonds is 3. The van der Waals surface area contributed by atoms with Gasteiger partial charge in [0, 0.05) is 0 Å². The zero-order valence-corrected chi connectivity index (χ0v) is 8.34. The Morgan fingerprint density at radius 1 is 1.67 bits per heavy atom. The molecule has 0 saturated heterocycles. The molecule has 0 amide bonds. The summed E-state index contributed by atoms with van der Waals surface area (Å²) in [5, 5.41) is 0. The summed E-state index contributed by atoms with van der Waals surface area (Å²) in [4.78, 5) is 0. The molecule has 0 radical (unpaired) electrons. The summed E-state index contributed by atoms with van der Waals surface area (Å²) in [5.74, 6) is 1.63. The van der Waals surface area contributed by atoms with E-state index in [4.69, 9.17) is 5.73 Å². The van der Waals surface area contributed by atoms with Crippen LogP contribution in [0.2, 0.25) is 0 Å². The van der Waals surface area contributed by atoms with E-state index >= 15 is 0 Å². The van der Waals surface area contributed by atoms with E-state index in [9.17, 15) is 0 Å². The molecule has 0 aromatic rings. The van der Waals surface area contributed by atoms with E-state index in [0.29, 0.717) is 0 Å². The number of nitrogens with two attached hydrogens (primary N) is 1. The Morgan fingerprint density at radius 2 is 2.42 bits per heavy atom. The van der Waals surface area contributed by atoms with Crippen molar-refractivity contribution in [3.8, 4) is 0 Å². The van der Waals surface area contributed by atoms with Crippen molar-refractivity contribution in [1.29, 1.82) is 0 Å². The second-order valence-corrected chi connectivity index (χ2v) is 4.14. The molecule has 12 heavy (non-hydrogen) atoms. The first-order valence-corrected chi connectivity index (χ1v) is 5.13. The van der Waals surface area contributed by atoms with Gasteiger partial charge in [-0.05, 0) is 44.1 Å². The molecule has 0 aliphatic heterocycles. The van der Waals surface area contributed by atoms with Crippen LogP contribution in [-0.2, 0) is 0 Å². The number of hydrogen-bond acceptors (Lipinski definition) is 1. The molecule has 2 atom stereocenters. The SMILES string of the molecule is CC1CC=C(C(C)CCN)CC1. The second-order valence-electron chi connectivity index (χ2n) is 4.14. The Hall–Kier alpha value is -0.300. The quantitative estimate of drug-likeness (QED) is 0.643. The van der Waals surface area contributed by atoms with Crippen LogP contribution in [0.15, 0.2) is 11.6 Å². The van der Waals surface area contributed by atoms with Crippen LogP contribution in [-0.4, -0.2) is 6.54 Å². The minimum Gasteiger partial charge on any atom is -0.330 e. The van der Waals surface area contributed by atoms with Gasteiger partial charge in [-0.1, -0.05) is 25.5 Å². The summed E-state index contributed by atoms with van der Waals surface area (Å²) in [5.41, 5.74) is 7.19. The van der Waals surface area contributed by atoms with Crippen molar-refractivity contribution in [2.24, 2.45) is 17.6 Å². The van der Waals surface area contributed by atoms with Gasteiger partial charge in [-0.3, -0.25) is 0 Å². The minimum atomic E-state index is 0.725. The molecule has 2 unspecified atom stereocenters. The second kappa shape index (κ2) is 4.66. The molecular weight excluding hydrogens is 146 g/mol. The summed E-state index contributed by atoms with van der Waals surface area (Å²) < 4.78 is 0. The first kappa shape index (κ1) is 9.79. The zero-order chi connectivity index (χ0) is 8.97. The molecule has 0 saturated carbocycles. The third-order valence-corrected chi connectivity index (χ3v) is 2.94. The van der Waals surface area contributed by atoms with Crippen molar-refractivity contribution >= 4 is 0 Å². The van der Waals surface area contributed by atoms with E-state index in [0.717, 1.165) is 24.8 Å². The Labute approximate surface area is 76.0 Å². The monoisotopic (exact) mass is 167 g/mol. The highest BCUT2D eigenvalue weighted by Gasteiger charge is 2.14. The standard InChI is InChI=1S/C11H21N/c1-9-3-5-11(6-4-9)10(2)7-8-12/h5,9-10H,3-4,6-8,12H2,1-2H3. The van der Waals surface area contributed by atoms with E-state index in [1.807, 2.05) is 0 Å². The maximum absolute atomic E-state index is 5.54. The first-order valence-electron chi connectivity index (χ1n) is 5.13. The highest BCUT2D eigenvalue weighted by Crippen LogP contribution is 2.28. The van der Waals surface area contributed by atoms with Gasteiger partial charge in [0.05, 0.1) is 0 Å². The predicted molar refractivity (Wildman–Crippen MR) is 53.9 cm³/mol. The van der Waals surface area contributed by atoms with Crippen molar-refractivity contribution in [3.63, 3.8) is 0 Å². The molecule has 0 fully saturated rings. The van der Waals surface area contributed by atoms with Gasteiger partial charge in [0.25, 0.3) is 0 Å². The lowest BCUT2D eigenvalue weighted by molar-refractivity contribution is 0.474. The van der Waals surface area contributed by atoms with Crippen LogP contribution in [0.5, 0.6) is 0 Å². The van der Waals surface area contributed by atoms with Gasteiger partial charge in [-0.2, -0.15) is 0 Å². The van der Waals surface area contributed by atoms with Crippen molar-refractivity contribution in [1.82, 2.24) is 0 Å². The average molecular weight is 167 g/mol. The molecule has 0 aromatic heterocycles. The summed E-state index contributed by atoms with van der Waals surface area (Å²) in [7, 11) is 0. The number of hydrogen-bond donors (Lipinski definition) is 1. The van der Waals surface area contributed by atoms with Crippen LogP contribution in [0.1, 0.15) is 39.5 Å². The van der Waals surface area contributed by atoms with Gasteiger partial charge < -0.3 is 5.73 Å². The first-order chi connectivity index (χ1) is 5.74. The van der Waals surface area contributed by atoms with Gasteiger partial charge in [0.1, 0.15) is 0 Å². The molecule has 1 nitrogen and oxygen atoms in total. The molecule has 1 aliphatic carbocycles. The topological polar surface area (TPSA) is 26.0 Å². The summed E-state index contributed by atoms with van der Waals surface area (Å²) in [6.45, 7) is 5.46. The van der Waals surface area contributed by atoms with Crippen LogP contribution in [0.3, 0.4) is 0 Å². The van der Waals surface area contributed by atoms with Gasteiger partial charge >= 0.3 is 0 Å². The fourth-order valence-electron chi connectivity index (χ4n) is 1.87. The van der Waals surface area contributed by atoms with Crippen molar-refractivity contribution in [3.05, 3.63) is 11.6 Å². The summed E-state index contributed by atoms with van der Waals surface area (Å²) >= 11 is 0. The van der Waals surface area contributed by atoms with Crippen LogP contribution in [0.4, 0.5) is 0 Å². The lowest BCUT2D eigenvalue weighted by Crippen LogP contribution is -2.11. The third kappa shape index (κ3) is 2.63. The largest absolute Gasteiger partial charge is 0.330 e. The van der Waals surface area contributed by atoms with E-state index in [1.54, 1.807) is 5.57 Å². The van der Waals surface area contributed by atoms with E-state index < -0.39 is 0 Å². The maximum atomic E-state index is 5.54. The average Bonchev–Trinajstić information content (AvgIpc) is 2.06.